The van der Waals surface area contributed by atoms with Gasteiger partial charge < -0.3 is 5.32 Å². The zero-order valence-corrected chi connectivity index (χ0v) is 9.63. The van der Waals surface area contributed by atoms with Crippen LogP contribution in [-0.2, 0) is 13.1 Å². The van der Waals surface area contributed by atoms with E-state index in [1.54, 1.807) is 0 Å². The summed E-state index contributed by atoms with van der Waals surface area (Å²) in [7, 11) is 0. The molecular formula is C14H14LiN. The van der Waals surface area contributed by atoms with Gasteiger partial charge in [-0.25, -0.2) is 0 Å². The zero-order chi connectivity index (χ0) is 10.3. The van der Waals surface area contributed by atoms with Gasteiger partial charge in [0.25, 0.3) is 0 Å². The van der Waals surface area contributed by atoms with E-state index >= 15 is 0 Å². The van der Waals surface area contributed by atoms with Crippen LogP contribution in [0.15, 0.2) is 60.7 Å². The van der Waals surface area contributed by atoms with Gasteiger partial charge >= 0.3 is 18.9 Å². The third-order valence-corrected chi connectivity index (χ3v) is 2.27. The van der Waals surface area contributed by atoms with Crippen molar-refractivity contribution in [3.63, 3.8) is 0 Å². The maximum absolute atomic E-state index is 4.51. The molecule has 1 nitrogen and oxygen atoms in total. The van der Waals surface area contributed by atoms with Gasteiger partial charge in [-0.3, -0.25) is 0 Å². The summed E-state index contributed by atoms with van der Waals surface area (Å²) in [6.45, 7) is 1.60. The van der Waals surface area contributed by atoms with E-state index in [1.807, 2.05) is 36.4 Å². The van der Waals surface area contributed by atoms with Crippen LogP contribution in [0.4, 0.5) is 0 Å². The minimum atomic E-state index is 0. The molecule has 76 valence electrons. The molecule has 0 amide bonds. The first-order valence-electron chi connectivity index (χ1n) is 5.16. The molecule has 0 fully saturated rings. The molecule has 0 atom stereocenters. The van der Waals surface area contributed by atoms with Gasteiger partial charge in [-0.2, -0.15) is 0 Å². The Bertz CT molecular complexity index is 346. The molecule has 0 radical (unpaired) electrons. The van der Waals surface area contributed by atoms with Gasteiger partial charge in [0.15, 0.2) is 0 Å². The number of rotatable bonds is 4. The summed E-state index contributed by atoms with van der Waals surface area (Å²) in [5, 5.41) is 4.51. The molecule has 0 unspecified atom stereocenters. The van der Waals surface area contributed by atoms with Gasteiger partial charge in [-0.05, 0) is 0 Å². The molecular weight excluding hydrogens is 189 g/mol. The first-order valence-corrected chi connectivity index (χ1v) is 5.16. The Morgan fingerprint density at radius 1 is 0.625 bits per heavy atom. The molecule has 0 aromatic heterocycles. The first-order chi connectivity index (χ1) is 7.45. The summed E-state index contributed by atoms with van der Waals surface area (Å²) < 4.78 is 0. The monoisotopic (exact) mass is 203 g/mol. The average molecular weight is 203 g/mol. The quantitative estimate of drug-likeness (QED) is 0.651. The number of benzene rings is 2. The Morgan fingerprint density at radius 3 is 1.38 bits per heavy atom. The fourth-order valence-corrected chi connectivity index (χ4v) is 1.48. The van der Waals surface area contributed by atoms with E-state index in [2.05, 4.69) is 29.6 Å². The summed E-state index contributed by atoms with van der Waals surface area (Å²) in [4.78, 5) is 0. The number of nitrogens with zero attached hydrogens (tertiary/aromatic N) is 1. The van der Waals surface area contributed by atoms with Crippen molar-refractivity contribution in [2.45, 2.75) is 13.1 Å². The Kier molecular flexibility index (Phi) is 5.96. The fourth-order valence-electron chi connectivity index (χ4n) is 1.48. The van der Waals surface area contributed by atoms with Crippen LogP contribution in [0.5, 0.6) is 0 Å². The second-order valence-electron chi connectivity index (χ2n) is 3.51. The molecule has 0 aliphatic heterocycles. The molecule has 0 saturated carbocycles. The van der Waals surface area contributed by atoms with Crippen LogP contribution in [-0.4, -0.2) is 0 Å². The Hall–Kier alpha value is -1.00. The van der Waals surface area contributed by atoms with Crippen molar-refractivity contribution >= 4 is 0 Å². The van der Waals surface area contributed by atoms with Crippen LogP contribution in [0.1, 0.15) is 11.1 Å². The molecule has 0 bridgehead atoms. The minimum absolute atomic E-state index is 0. The summed E-state index contributed by atoms with van der Waals surface area (Å²) >= 11 is 0. The Labute approximate surface area is 109 Å². The third kappa shape index (κ3) is 4.24. The molecule has 2 rings (SSSR count). The van der Waals surface area contributed by atoms with E-state index in [4.69, 9.17) is 0 Å². The Balaban J connectivity index is 0.00000128. The topological polar surface area (TPSA) is 14.1 Å². The molecule has 0 heterocycles. The molecule has 2 aromatic rings. The van der Waals surface area contributed by atoms with E-state index < -0.39 is 0 Å². The summed E-state index contributed by atoms with van der Waals surface area (Å²) in [6, 6.07) is 20.7. The van der Waals surface area contributed by atoms with Crippen molar-refractivity contribution < 1.29 is 18.9 Å². The van der Waals surface area contributed by atoms with Gasteiger partial charge in [0.2, 0.25) is 0 Å². The van der Waals surface area contributed by atoms with Crippen molar-refractivity contribution in [1.82, 2.24) is 0 Å². The van der Waals surface area contributed by atoms with Gasteiger partial charge in [0.1, 0.15) is 0 Å². The molecule has 2 aromatic carbocycles. The second kappa shape index (κ2) is 7.30. The van der Waals surface area contributed by atoms with E-state index in [-0.39, 0.29) is 18.9 Å². The maximum Gasteiger partial charge on any atom is 1.00 e. The average Bonchev–Trinajstić information content (AvgIpc) is 2.32. The van der Waals surface area contributed by atoms with E-state index in [1.165, 1.54) is 11.1 Å². The molecule has 0 spiro atoms. The predicted molar refractivity (Wildman–Crippen MR) is 63.7 cm³/mol. The van der Waals surface area contributed by atoms with E-state index in [9.17, 15) is 0 Å². The zero-order valence-electron chi connectivity index (χ0n) is 9.63. The van der Waals surface area contributed by atoms with Crippen LogP contribution in [0.2, 0.25) is 0 Å². The van der Waals surface area contributed by atoms with Crippen molar-refractivity contribution in [3.05, 3.63) is 77.1 Å². The van der Waals surface area contributed by atoms with Crippen LogP contribution < -0.4 is 18.9 Å². The summed E-state index contributed by atoms with van der Waals surface area (Å²) in [6.07, 6.45) is 0. The molecule has 0 saturated heterocycles. The summed E-state index contributed by atoms with van der Waals surface area (Å²) in [5.41, 5.74) is 2.54. The van der Waals surface area contributed by atoms with Gasteiger partial charge in [0.05, 0.1) is 0 Å². The number of hydrogen-bond donors (Lipinski definition) is 0. The Morgan fingerprint density at radius 2 is 1.00 bits per heavy atom. The molecule has 0 aliphatic rings. The summed E-state index contributed by atoms with van der Waals surface area (Å²) in [5.74, 6) is 0. The fraction of sp³-hybridized carbons (Fsp3) is 0.143. The van der Waals surface area contributed by atoms with Gasteiger partial charge in [0, 0.05) is 0 Å². The van der Waals surface area contributed by atoms with E-state index in [0.29, 0.717) is 0 Å². The smallest absolute Gasteiger partial charge is 0.655 e. The molecule has 2 heteroatoms. The van der Waals surface area contributed by atoms with E-state index in [0.717, 1.165) is 13.1 Å². The maximum atomic E-state index is 4.51. The van der Waals surface area contributed by atoms with Crippen molar-refractivity contribution in [1.29, 1.82) is 0 Å². The molecule has 16 heavy (non-hydrogen) atoms. The predicted octanol–water partition coefficient (Wildman–Crippen LogP) is 0.764. The number of hydrogen-bond acceptors (Lipinski definition) is 0. The van der Waals surface area contributed by atoms with Crippen LogP contribution >= 0.6 is 0 Å². The minimum Gasteiger partial charge on any atom is -0.655 e. The first kappa shape index (κ1) is 13.1. The molecule has 0 N–H and O–H groups in total. The van der Waals surface area contributed by atoms with Gasteiger partial charge in [-0.15, -0.1) is 13.1 Å². The largest absolute Gasteiger partial charge is 1.00 e. The second-order valence-corrected chi connectivity index (χ2v) is 3.51. The third-order valence-electron chi connectivity index (χ3n) is 2.27. The van der Waals surface area contributed by atoms with Crippen LogP contribution in [0, 0.1) is 0 Å². The van der Waals surface area contributed by atoms with Crippen molar-refractivity contribution in [2.75, 3.05) is 0 Å². The van der Waals surface area contributed by atoms with Crippen LogP contribution in [0.25, 0.3) is 5.32 Å². The SMILES string of the molecule is [Li+].c1ccc(C[N-]Cc2ccccc2)cc1. The van der Waals surface area contributed by atoms with Crippen LogP contribution in [0.3, 0.4) is 0 Å². The standard InChI is InChI=1S/C14H14N.Li/c1-3-7-13(8-4-1)11-15-12-14-9-5-2-6-10-14;/h1-10H,11-12H2;/q-1;+1. The van der Waals surface area contributed by atoms with Crippen molar-refractivity contribution in [2.24, 2.45) is 0 Å². The van der Waals surface area contributed by atoms with Crippen molar-refractivity contribution in [3.8, 4) is 0 Å². The molecule has 0 aliphatic carbocycles. The van der Waals surface area contributed by atoms with Gasteiger partial charge in [-0.1, -0.05) is 71.8 Å². The normalized spacial score (nSPS) is 9.50.